The molecule has 1 fully saturated rings. The van der Waals surface area contributed by atoms with Gasteiger partial charge in [-0.2, -0.15) is 0 Å². The number of nitrogens with two attached hydrogens (primary N) is 3. The molecule has 0 radical (unpaired) electrons. The second-order valence-electron chi connectivity index (χ2n) is 20.6. The van der Waals surface area contributed by atoms with E-state index in [9.17, 15) is 58.2 Å². The average Bonchev–Trinajstić information content (AvgIpc) is 3.98. The van der Waals surface area contributed by atoms with Crippen LogP contribution in [-0.2, 0) is 54.4 Å². The predicted molar refractivity (Wildman–Crippen MR) is 305 cm³/mol. The molecule has 2 rings (SSSR count). The summed E-state index contributed by atoms with van der Waals surface area (Å²) in [5, 5.41) is 40.0. The van der Waals surface area contributed by atoms with Crippen molar-refractivity contribution in [1.82, 2.24) is 53.4 Å². The van der Waals surface area contributed by atoms with E-state index < -0.39 is 115 Å². The molecule has 1 heterocycles. The van der Waals surface area contributed by atoms with Crippen molar-refractivity contribution >= 4 is 65.2 Å². The normalized spacial score (nSPS) is 15.0. The van der Waals surface area contributed by atoms with Gasteiger partial charge in [-0.15, -0.1) is 0 Å². The molecule has 456 valence electrons. The second kappa shape index (κ2) is 42.0. The quantitative estimate of drug-likeness (QED) is 0.0180. The van der Waals surface area contributed by atoms with E-state index in [1.54, 1.807) is 30.3 Å². The van der Waals surface area contributed by atoms with Crippen LogP contribution >= 0.6 is 0 Å². The number of carboxylic acids is 2. The topological polar surface area (TPSA) is 422 Å². The van der Waals surface area contributed by atoms with Crippen molar-refractivity contribution in [2.45, 2.75) is 210 Å². The molecule has 1 aromatic carbocycles. The van der Waals surface area contributed by atoms with Gasteiger partial charge in [0.1, 0.15) is 36.3 Å². The number of hydrazine groups is 1. The average molecular weight is 1140 g/mol. The first-order valence-electron chi connectivity index (χ1n) is 28.9. The molecule has 0 spiro atoms. The van der Waals surface area contributed by atoms with E-state index in [0.29, 0.717) is 44.3 Å². The number of nitrogens with one attached hydrogen (secondary N) is 10. The van der Waals surface area contributed by atoms with Crippen LogP contribution < -0.4 is 70.6 Å². The summed E-state index contributed by atoms with van der Waals surface area (Å²) in [5.41, 5.74) is 22.2. The Kier molecular flexibility index (Phi) is 36.4. The molecule has 1 saturated heterocycles. The number of carbonyl (C=O) groups is 10. The van der Waals surface area contributed by atoms with E-state index >= 15 is 0 Å². The summed E-state index contributed by atoms with van der Waals surface area (Å²) < 4.78 is 0. The number of guanidine groups is 1. The van der Waals surface area contributed by atoms with Crippen LogP contribution in [0.4, 0.5) is 0 Å². The van der Waals surface area contributed by atoms with E-state index in [1.807, 2.05) is 0 Å². The molecule has 26 nitrogen and oxygen atoms in total. The molecule has 0 unspecified atom stereocenters. The van der Waals surface area contributed by atoms with Gasteiger partial charge in [-0.3, -0.25) is 53.6 Å². The zero-order valence-electron chi connectivity index (χ0n) is 47.6. The predicted octanol–water partition coefficient (Wildman–Crippen LogP) is 0.260. The van der Waals surface area contributed by atoms with E-state index in [0.717, 1.165) is 32.1 Å². The molecular weight excluding hydrogens is 1050 g/mol. The van der Waals surface area contributed by atoms with Gasteiger partial charge >= 0.3 is 11.9 Å². The number of aliphatic imine (C=N–C) groups is 1. The molecule has 1 aliphatic rings. The van der Waals surface area contributed by atoms with Crippen molar-refractivity contribution < 1.29 is 58.2 Å². The van der Waals surface area contributed by atoms with Gasteiger partial charge in [-0.05, 0) is 76.9 Å². The Balaban J connectivity index is 2.19. The van der Waals surface area contributed by atoms with Gasteiger partial charge in [0.2, 0.25) is 47.3 Å². The number of amides is 8. The molecule has 81 heavy (non-hydrogen) atoms. The van der Waals surface area contributed by atoms with Crippen molar-refractivity contribution in [3.05, 3.63) is 35.9 Å². The Hall–Kier alpha value is -6.93. The first-order chi connectivity index (χ1) is 38.8. The van der Waals surface area contributed by atoms with Gasteiger partial charge in [0.15, 0.2) is 5.96 Å². The van der Waals surface area contributed by atoms with Gasteiger partial charge in [0.25, 0.3) is 0 Å². The molecule has 0 aliphatic carbocycles. The molecule has 8 amide bonds. The fourth-order valence-electron chi connectivity index (χ4n) is 8.90. The monoisotopic (exact) mass is 1140 g/mol. The number of nitrogens with zero attached hydrogens (tertiary/aromatic N) is 1. The van der Waals surface area contributed by atoms with Crippen LogP contribution in [0.5, 0.6) is 0 Å². The van der Waals surface area contributed by atoms with Crippen molar-refractivity contribution in [2.75, 3.05) is 32.7 Å². The van der Waals surface area contributed by atoms with Gasteiger partial charge in [0.05, 0.1) is 25.4 Å². The third kappa shape index (κ3) is 32.2. The minimum atomic E-state index is -1.74. The molecule has 1 aliphatic heterocycles. The lowest BCUT2D eigenvalue weighted by atomic mass is 10.0. The minimum absolute atomic E-state index is 0.0490. The maximum absolute atomic E-state index is 14.0. The van der Waals surface area contributed by atoms with Crippen LogP contribution in [0.15, 0.2) is 35.3 Å². The van der Waals surface area contributed by atoms with E-state index in [4.69, 9.17) is 17.2 Å². The van der Waals surface area contributed by atoms with Gasteiger partial charge in [-0.25, -0.2) is 10.2 Å². The number of rotatable bonds is 45. The number of aliphatic carboxylic acids is 2. The summed E-state index contributed by atoms with van der Waals surface area (Å²) >= 11 is 0. The smallest absolute Gasteiger partial charge is 0.326 e. The molecule has 0 saturated carbocycles. The summed E-state index contributed by atoms with van der Waals surface area (Å²) in [5.74, 6) is -9.42. The minimum Gasteiger partial charge on any atom is -0.481 e. The van der Waals surface area contributed by atoms with Crippen LogP contribution in [0, 0.1) is 0 Å². The molecule has 26 heteroatoms. The Bertz CT molecular complexity index is 2130. The van der Waals surface area contributed by atoms with Gasteiger partial charge in [0, 0.05) is 19.5 Å². The number of unbranched alkanes of at least 4 members (excludes halogenated alkanes) is 14. The van der Waals surface area contributed by atoms with E-state index in [1.165, 1.54) is 64.7 Å². The maximum Gasteiger partial charge on any atom is 0.326 e. The highest BCUT2D eigenvalue weighted by Crippen LogP contribution is 2.14. The fraction of sp³-hybridized carbons (Fsp3) is 0.691. The lowest BCUT2D eigenvalue weighted by Crippen LogP contribution is -2.58. The highest BCUT2D eigenvalue weighted by Gasteiger charge is 2.32. The highest BCUT2D eigenvalue weighted by atomic mass is 16.4. The van der Waals surface area contributed by atoms with E-state index in [2.05, 4.69) is 65.3 Å². The Morgan fingerprint density at radius 3 is 1.77 bits per heavy atom. The molecule has 0 aromatic heterocycles. The number of carbonyl (C=O) groups excluding carboxylic acids is 8. The SMILES string of the molecule is CCCCCCCCCCCCCCCCNC(=O)[C@H](CC(=O)NN[C@@H](CCCN=C(N)N)C(=O)NCC(=O)N[C@@H](CC(=O)O)C(=O)N[C@@H](Cc1ccccc1)C(=O)O)NC(=O)[C@H](CCCCN)NC(=O)[C@H](C)NC(=O)[C@@H]1CCCN1. The number of hydrogen-bond donors (Lipinski definition) is 15. The summed E-state index contributed by atoms with van der Waals surface area (Å²) in [4.78, 5) is 135. The summed E-state index contributed by atoms with van der Waals surface area (Å²) in [7, 11) is 0. The lowest BCUT2D eigenvalue weighted by Gasteiger charge is -2.25. The summed E-state index contributed by atoms with van der Waals surface area (Å²) in [6, 6.07) is -0.305. The first kappa shape index (κ1) is 70.2. The number of benzene rings is 1. The van der Waals surface area contributed by atoms with Gasteiger partial charge < -0.3 is 69.9 Å². The fourth-order valence-corrected chi connectivity index (χ4v) is 8.90. The van der Waals surface area contributed by atoms with Crippen molar-refractivity contribution in [3.63, 3.8) is 0 Å². The lowest BCUT2D eigenvalue weighted by molar-refractivity contribution is -0.143. The third-order valence-electron chi connectivity index (χ3n) is 13.6. The highest BCUT2D eigenvalue weighted by molar-refractivity contribution is 5.97. The van der Waals surface area contributed by atoms with Crippen LogP contribution in [0.25, 0.3) is 0 Å². The molecule has 7 atom stereocenters. The molecular formula is C55H94N14O12. The van der Waals surface area contributed by atoms with Gasteiger partial charge in [-0.1, -0.05) is 121 Å². The zero-order valence-corrected chi connectivity index (χ0v) is 47.6. The summed E-state index contributed by atoms with van der Waals surface area (Å²) in [6.45, 7) is 4.17. The third-order valence-corrected chi connectivity index (χ3v) is 13.6. The van der Waals surface area contributed by atoms with Crippen LogP contribution in [0.1, 0.15) is 167 Å². The Labute approximate surface area is 476 Å². The second-order valence-corrected chi connectivity index (χ2v) is 20.6. The Morgan fingerprint density at radius 1 is 0.617 bits per heavy atom. The van der Waals surface area contributed by atoms with Crippen LogP contribution in [0.2, 0.25) is 0 Å². The largest absolute Gasteiger partial charge is 0.481 e. The standard InChI is InChI=1S/C55H94N14O12/c1-3-4-5-6-7-8-9-10-11-12-13-14-15-21-30-60-50(76)42(66-52(78)40(26-19-20-29-56)65-48(74)37(2)63-51(77)39-27-22-31-59-39)34-45(70)69-68-41(28-23-32-61-55(57)58)49(75)62-36-46(71)64-43(35-47(72)73)53(79)67-44(54(80)81)33-38-24-17-16-18-25-38/h16-18,24-25,37,39-44,59,68H,3-15,19-23,26-36,56H2,1-2H3,(H,60,76)(H,62,75)(H,63,77)(H,64,71)(H,65,74)(H,66,78)(H,67,79)(H,69,70)(H,72,73)(H,80,81)(H4,57,58,61)/t37-,39-,40-,41-,42-,43-,44-/m0/s1. The van der Waals surface area contributed by atoms with E-state index in [-0.39, 0.29) is 50.6 Å². The van der Waals surface area contributed by atoms with Crippen LogP contribution in [0.3, 0.4) is 0 Å². The summed E-state index contributed by atoms with van der Waals surface area (Å²) in [6.07, 6.45) is 16.8. The number of hydrogen-bond acceptors (Lipinski definition) is 14. The maximum atomic E-state index is 14.0. The number of carboxylic acid groups (broad SMARTS) is 2. The molecule has 1 aromatic rings. The van der Waals surface area contributed by atoms with Crippen molar-refractivity contribution in [1.29, 1.82) is 0 Å². The molecule has 0 bridgehead atoms. The Morgan fingerprint density at radius 2 is 1.19 bits per heavy atom. The zero-order chi connectivity index (χ0) is 59.8. The van der Waals surface area contributed by atoms with Crippen LogP contribution in [-0.4, -0.2) is 150 Å². The van der Waals surface area contributed by atoms with Crippen molar-refractivity contribution in [3.8, 4) is 0 Å². The first-order valence-corrected chi connectivity index (χ1v) is 28.9. The van der Waals surface area contributed by atoms with Crippen molar-refractivity contribution in [2.24, 2.45) is 22.2 Å². The molecule has 18 N–H and O–H groups in total.